The van der Waals surface area contributed by atoms with Crippen LogP contribution in [0.4, 0.5) is 11.4 Å². The summed E-state index contributed by atoms with van der Waals surface area (Å²) in [6.45, 7) is 3.84. The molecule has 0 aliphatic rings. The third-order valence-corrected chi connectivity index (χ3v) is 4.94. The Labute approximate surface area is 164 Å². The fourth-order valence-corrected chi connectivity index (χ4v) is 3.47. The van der Waals surface area contributed by atoms with Gasteiger partial charge in [-0.05, 0) is 35.4 Å². The monoisotopic (exact) mass is 414 g/mol. The molecule has 0 unspecified atom stereocenters. The van der Waals surface area contributed by atoms with E-state index >= 15 is 0 Å². The van der Waals surface area contributed by atoms with Crippen molar-refractivity contribution in [2.24, 2.45) is 9.98 Å². The van der Waals surface area contributed by atoms with E-state index in [2.05, 4.69) is 9.98 Å². The number of carbonyl (C=O) groups excluding carboxylic acids is 2. The average Bonchev–Trinajstić information content (AvgIpc) is 2.53. The molecule has 2 rings (SSSR count). The van der Waals surface area contributed by atoms with Gasteiger partial charge in [0, 0.05) is 5.41 Å². The van der Waals surface area contributed by atoms with Crippen molar-refractivity contribution in [3.63, 3.8) is 0 Å². The van der Waals surface area contributed by atoms with Gasteiger partial charge in [0.05, 0.1) is 20.1 Å². The van der Waals surface area contributed by atoms with Crippen molar-refractivity contribution in [3.05, 3.63) is 55.5 Å². The van der Waals surface area contributed by atoms with E-state index in [1.54, 1.807) is 24.3 Å². The maximum atomic E-state index is 10.5. The predicted molar refractivity (Wildman–Crippen MR) is 101 cm³/mol. The Kier molecular flexibility index (Phi) is 6.08. The first-order chi connectivity index (χ1) is 11.7. The van der Waals surface area contributed by atoms with Crippen LogP contribution in [0.2, 0.25) is 20.1 Å². The van der Waals surface area contributed by atoms with Gasteiger partial charge in [-0.3, -0.25) is 0 Å². The van der Waals surface area contributed by atoms with Crippen LogP contribution in [0.3, 0.4) is 0 Å². The molecular formula is C17H10Cl4N2O2. The van der Waals surface area contributed by atoms with Gasteiger partial charge in [-0.1, -0.05) is 60.3 Å². The van der Waals surface area contributed by atoms with Crippen molar-refractivity contribution < 1.29 is 9.59 Å². The summed E-state index contributed by atoms with van der Waals surface area (Å²) in [5, 5.41) is 0.883. The number of nitrogens with zero attached hydrogens (tertiary/aromatic N) is 2. The maximum absolute atomic E-state index is 10.5. The van der Waals surface area contributed by atoms with Crippen molar-refractivity contribution in [1.82, 2.24) is 0 Å². The molecule has 0 saturated heterocycles. The van der Waals surface area contributed by atoms with Gasteiger partial charge in [0.2, 0.25) is 12.2 Å². The van der Waals surface area contributed by atoms with Gasteiger partial charge >= 0.3 is 0 Å². The first-order valence-corrected chi connectivity index (χ1v) is 8.38. The molecule has 0 aliphatic carbocycles. The Morgan fingerprint density at radius 1 is 0.720 bits per heavy atom. The normalized spacial score (nSPS) is 10.8. The van der Waals surface area contributed by atoms with Crippen LogP contribution in [0, 0.1) is 0 Å². The highest BCUT2D eigenvalue weighted by molar-refractivity contribution is 6.39. The highest BCUT2D eigenvalue weighted by Crippen LogP contribution is 2.43. The Hall–Kier alpha value is -1.64. The third-order valence-electron chi connectivity index (χ3n) is 3.79. The molecule has 0 saturated carbocycles. The van der Waals surface area contributed by atoms with Gasteiger partial charge in [-0.15, -0.1) is 0 Å². The van der Waals surface area contributed by atoms with E-state index in [1.165, 1.54) is 12.2 Å². The highest BCUT2D eigenvalue weighted by atomic mass is 35.5. The zero-order valence-corrected chi connectivity index (χ0v) is 16.1. The summed E-state index contributed by atoms with van der Waals surface area (Å²) >= 11 is 24.7. The fourth-order valence-electron chi connectivity index (χ4n) is 2.32. The van der Waals surface area contributed by atoms with Gasteiger partial charge < -0.3 is 0 Å². The number of aliphatic imine (C=N–C) groups is 2. The molecule has 0 aromatic heterocycles. The van der Waals surface area contributed by atoms with Crippen LogP contribution in [0.15, 0.2) is 34.3 Å². The molecule has 8 heteroatoms. The average molecular weight is 416 g/mol. The molecule has 2 aromatic carbocycles. The number of halogens is 4. The Balaban J connectivity index is 2.63. The highest BCUT2D eigenvalue weighted by Gasteiger charge is 2.27. The van der Waals surface area contributed by atoms with Gasteiger partial charge in [0.15, 0.2) is 0 Å². The van der Waals surface area contributed by atoms with Crippen molar-refractivity contribution in [2.45, 2.75) is 19.3 Å². The number of isocyanates is 2. The number of hydrogen-bond donors (Lipinski definition) is 0. The molecule has 0 aliphatic heterocycles. The lowest BCUT2D eigenvalue weighted by atomic mass is 9.78. The van der Waals surface area contributed by atoms with Crippen molar-refractivity contribution in [2.75, 3.05) is 0 Å². The molecule has 0 N–H and O–H groups in total. The lowest BCUT2D eigenvalue weighted by Crippen LogP contribution is -2.19. The summed E-state index contributed by atoms with van der Waals surface area (Å²) in [6, 6.07) is 6.62. The summed E-state index contributed by atoms with van der Waals surface area (Å²) in [5.74, 6) is 0. The van der Waals surface area contributed by atoms with Crippen LogP contribution < -0.4 is 0 Å². The predicted octanol–water partition coefficient (Wildman–Crippen LogP) is 6.56. The largest absolute Gasteiger partial charge is 0.240 e. The number of rotatable bonds is 4. The lowest BCUT2D eigenvalue weighted by Gasteiger charge is -2.27. The molecule has 0 amide bonds. The second kappa shape index (κ2) is 7.72. The SMILES string of the molecule is CC(C)(c1cc(Cl)c(N=C=O)c(Cl)c1)c1cc(Cl)c(N=C=O)c(Cl)c1. The quantitative estimate of drug-likeness (QED) is 0.419. The van der Waals surface area contributed by atoms with Gasteiger partial charge in [-0.2, -0.15) is 9.98 Å². The molecule has 0 fully saturated rings. The van der Waals surface area contributed by atoms with Gasteiger partial charge in [0.1, 0.15) is 11.4 Å². The number of hydrogen-bond acceptors (Lipinski definition) is 4. The molecule has 4 nitrogen and oxygen atoms in total. The minimum absolute atomic E-state index is 0.157. The summed E-state index contributed by atoms with van der Waals surface area (Å²) < 4.78 is 0. The van der Waals surface area contributed by atoms with E-state index in [0.29, 0.717) is 0 Å². The maximum Gasteiger partial charge on any atom is 0.240 e. The lowest BCUT2D eigenvalue weighted by molar-refractivity contribution is 0.564. The molecule has 0 heterocycles. The fraction of sp³-hybridized carbons (Fsp3) is 0.176. The van der Waals surface area contributed by atoms with Crippen LogP contribution in [-0.2, 0) is 15.0 Å². The summed E-state index contributed by atoms with van der Waals surface area (Å²) in [5.41, 5.74) is 1.24. The zero-order chi connectivity index (χ0) is 18.8. The van der Waals surface area contributed by atoms with Crippen LogP contribution in [0.25, 0.3) is 0 Å². The Bertz CT molecular complexity index is 822. The van der Waals surface area contributed by atoms with E-state index in [9.17, 15) is 9.59 Å². The molecule has 0 radical (unpaired) electrons. The summed E-state index contributed by atoms with van der Waals surface area (Å²) in [6.07, 6.45) is 2.84. The van der Waals surface area contributed by atoms with Gasteiger partial charge in [-0.25, -0.2) is 9.59 Å². The van der Waals surface area contributed by atoms with Crippen molar-refractivity contribution >= 4 is 69.9 Å². The van der Waals surface area contributed by atoms with Crippen LogP contribution in [-0.4, -0.2) is 12.2 Å². The number of benzene rings is 2. The van der Waals surface area contributed by atoms with Gasteiger partial charge in [0.25, 0.3) is 0 Å². The second-order valence-electron chi connectivity index (χ2n) is 5.61. The minimum Gasteiger partial charge on any atom is -0.211 e. The van der Waals surface area contributed by atoms with E-state index in [4.69, 9.17) is 46.4 Å². The molecule has 25 heavy (non-hydrogen) atoms. The van der Waals surface area contributed by atoms with E-state index in [-0.39, 0.29) is 31.5 Å². The van der Waals surface area contributed by atoms with Crippen LogP contribution in [0.1, 0.15) is 25.0 Å². The minimum atomic E-state index is -0.590. The zero-order valence-electron chi connectivity index (χ0n) is 13.0. The Morgan fingerprint density at radius 3 is 1.24 bits per heavy atom. The van der Waals surface area contributed by atoms with E-state index in [0.717, 1.165) is 11.1 Å². The Morgan fingerprint density at radius 2 is 1.00 bits per heavy atom. The first-order valence-electron chi connectivity index (χ1n) is 6.87. The molecule has 128 valence electrons. The summed E-state index contributed by atoms with van der Waals surface area (Å²) in [4.78, 5) is 27.9. The molecule has 0 spiro atoms. The van der Waals surface area contributed by atoms with Crippen LogP contribution >= 0.6 is 46.4 Å². The second-order valence-corrected chi connectivity index (χ2v) is 7.24. The molecule has 0 atom stereocenters. The first kappa shape index (κ1) is 19.7. The third kappa shape index (κ3) is 3.96. The topological polar surface area (TPSA) is 58.9 Å². The molecule has 0 bridgehead atoms. The molecule has 2 aromatic rings. The van der Waals surface area contributed by atoms with E-state index < -0.39 is 5.41 Å². The molecular weight excluding hydrogens is 406 g/mol. The van der Waals surface area contributed by atoms with Crippen LogP contribution in [0.5, 0.6) is 0 Å². The van der Waals surface area contributed by atoms with E-state index in [1.807, 2.05) is 13.8 Å². The smallest absolute Gasteiger partial charge is 0.211 e. The summed E-state index contributed by atoms with van der Waals surface area (Å²) in [7, 11) is 0. The van der Waals surface area contributed by atoms with Crippen molar-refractivity contribution in [3.8, 4) is 0 Å². The van der Waals surface area contributed by atoms with Crippen molar-refractivity contribution in [1.29, 1.82) is 0 Å². The standard InChI is InChI=1S/C17H10Cl4N2O2/c1-17(2,9-3-11(18)15(22-7-24)12(19)4-9)10-5-13(20)16(23-8-25)14(21)6-10/h3-6H,1-2H3.